The van der Waals surface area contributed by atoms with Crippen molar-refractivity contribution in [2.45, 2.75) is 26.7 Å². The average molecular weight is 233 g/mol. The van der Waals surface area contributed by atoms with Crippen LogP contribution in [0.2, 0.25) is 0 Å². The molecular formula is C12H19N5. The molecule has 2 heterocycles. The number of nitrogens with two attached hydrogens (primary N) is 1. The molecule has 0 saturated carbocycles. The van der Waals surface area contributed by atoms with Crippen LogP contribution in [-0.2, 0) is 0 Å². The molecule has 0 radical (unpaired) electrons. The van der Waals surface area contributed by atoms with E-state index < -0.39 is 0 Å². The molecule has 0 aromatic carbocycles. The molecule has 0 bridgehead atoms. The largest absolute Gasteiger partial charge is 0.387 e. The Labute approximate surface area is 102 Å². The zero-order valence-corrected chi connectivity index (χ0v) is 10.4. The van der Waals surface area contributed by atoms with Crippen molar-refractivity contribution in [2.24, 2.45) is 11.1 Å². The smallest absolute Gasteiger partial charge is 0.225 e. The second-order valence-corrected chi connectivity index (χ2v) is 4.96. The molecule has 0 aliphatic carbocycles. The van der Waals surface area contributed by atoms with Gasteiger partial charge in [-0.2, -0.15) is 0 Å². The van der Waals surface area contributed by atoms with E-state index in [-0.39, 0.29) is 5.41 Å². The van der Waals surface area contributed by atoms with Gasteiger partial charge in [-0.05, 0) is 25.8 Å². The predicted octanol–water partition coefficient (Wildman–Crippen LogP) is 1.33. The second-order valence-electron chi connectivity index (χ2n) is 4.96. The summed E-state index contributed by atoms with van der Waals surface area (Å²) in [5, 5.41) is 7.62. The normalized spacial score (nSPS) is 19.1. The highest BCUT2D eigenvalue weighted by atomic mass is 15.3. The van der Waals surface area contributed by atoms with E-state index in [1.807, 2.05) is 13.0 Å². The van der Waals surface area contributed by atoms with Crippen molar-refractivity contribution >= 4 is 11.8 Å². The molecule has 2 rings (SSSR count). The molecule has 3 N–H and O–H groups in total. The summed E-state index contributed by atoms with van der Waals surface area (Å²) >= 11 is 0. The van der Waals surface area contributed by atoms with E-state index in [2.05, 4.69) is 21.8 Å². The molecule has 92 valence electrons. The van der Waals surface area contributed by atoms with E-state index in [1.165, 1.54) is 0 Å². The zero-order chi connectivity index (χ0) is 12.5. The highest BCUT2D eigenvalue weighted by Crippen LogP contribution is 2.31. The van der Waals surface area contributed by atoms with Crippen LogP contribution in [-0.4, -0.2) is 28.9 Å². The second kappa shape index (κ2) is 4.31. The van der Waals surface area contributed by atoms with E-state index in [1.54, 1.807) is 6.20 Å². The van der Waals surface area contributed by atoms with Crippen LogP contribution in [0.5, 0.6) is 0 Å². The first-order chi connectivity index (χ1) is 8.01. The van der Waals surface area contributed by atoms with E-state index in [9.17, 15) is 0 Å². The number of aromatic nitrogens is 2. The van der Waals surface area contributed by atoms with Gasteiger partial charge >= 0.3 is 0 Å². The van der Waals surface area contributed by atoms with Crippen molar-refractivity contribution in [1.29, 1.82) is 5.41 Å². The van der Waals surface area contributed by atoms with Crippen LogP contribution >= 0.6 is 0 Å². The lowest BCUT2D eigenvalue weighted by Crippen LogP contribution is -2.45. The number of nitrogens with one attached hydrogen (secondary N) is 1. The Hall–Kier alpha value is -1.65. The van der Waals surface area contributed by atoms with Gasteiger partial charge in [0, 0.05) is 30.4 Å². The number of hydrogen-bond donors (Lipinski definition) is 2. The van der Waals surface area contributed by atoms with E-state index >= 15 is 0 Å². The minimum atomic E-state index is -0.152. The highest BCUT2D eigenvalue weighted by molar-refractivity contribution is 5.83. The van der Waals surface area contributed by atoms with Gasteiger partial charge in [0.1, 0.15) is 0 Å². The van der Waals surface area contributed by atoms with Crippen molar-refractivity contribution < 1.29 is 0 Å². The Morgan fingerprint density at radius 2 is 2.12 bits per heavy atom. The van der Waals surface area contributed by atoms with Crippen LogP contribution in [0, 0.1) is 17.7 Å². The number of aryl methyl sites for hydroxylation is 1. The lowest BCUT2D eigenvalue weighted by Gasteiger charge is -2.38. The Morgan fingerprint density at radius 3 is 2.65 bits per heavy atom. The monoisotopic (exact) mass is 233 g/mol. The maximum atomic E-state index is 7.62. The fourth-order valence-electron chi connectivity index (χ4n) is 2.06. The van der Waals surface area contributed by atoms with Crippen LogP contribution in [0.1, 0.15) is 25.5 Å². The molecule has 1 aromatic rings. The summed E-state index contributed by atoms with van der Waals surface area (Å²) in [5.41, 5.74) is 6.47. The maximum absolute atomic E-state index is 7.62. The van der Waals surface area contributed by atoms with Gasteiger partial charge in [-0.1, -0.05) is 6.92 Å². The fraction of sp³-hybridized carbons (Fsp3) is 0.583. The molecule has 1 aromatic heterocycles. The minimum absolute atomic E-state index is 0.152. The van der Waals surface area contributed by atoms with Gasteiger partial charge < -0.3 is 10.6 Å². The number of hydrogen-bond acceptors (Lipinski definition) is 4. The Bertz CT molecular complexity index is 421. The molecule has 17 heavy (non-hydrogen) atoms. The topological polar surface area (TPSA) is 78.9 Å². The van der Waals surface area contributed by atoms with Crippen molar-refractivity contribution in [1.82, 2.24) is 9.97 Å². The van der Waals surface area contributed by atoms with Crippen LogP contribution in [0.3, 0.4) is 0 Å². The average Bonchev–Trinajstić information content (AvgIpc) is 2.30. The SMILES string of the molecule is Cc1ccnc(N2CCC(C)(C(=N)N)CC2)n1. The maximum Gasteiger partial charge on any atom is 0.225 e. The lowest BCUT2D eigenvalue weighted by atomic mass is 9.79. The van der Waals surface area contributed by atoms with Gasteiger partial charge in [0.25, 0.3) is 0 Å². The van der Waals surface area contributed by atoms with Crippen LogP contribution in [0.15, 0.2) is 12.3 Å². The Morgan fingerprint density at radius 1 is 1.47 bits per heavy atom. The Kier molecular flexibility index (Phi) is 3.00. The third-order valence-electron chi connectivity index (χ3n) is 3.58. The lowest BCUT2D eigenvalue weighted by molar-refractivity contribution is 0.348. The third kappa shape index (κ3) is 2.38. The van der Waals surface area contributed by atoms with Crippen molar-refractivity contribution in [3.63, 3.8) is 0 Å². The number of amidine groups is 1. The minimum Gasteiger partial charge on any atom is -0.387 e. The molecule has 1 saturated heterocycles. The molecule has 0 unspecified atom stereocenters. The van der Waals surface area contributed by atoms with E-state index in [4.69, 9.17) is 11.1 Å². The van der Waals surface area contributed by atoms with E-state index in [0.29, 0.717) is 5.84 Å². The number of anilines is 1. The first kappa shape index (κ1) is 11.8. The third-order valence-corrected chi connectivity index (χ3v) is 3.58. The quantitative estimate of drug-likeness (QED) is 0.596. The number of rotatable bonds is 2. The van der Waals surface area contributed by atoms with Gasteiger partial charge in [-0.25, -0.2) is 9.97 Å². The molecule has 1 fully saturated rings. The standard InChI is InChI=1S/C12H19N5/c1-9-3-6-15-11(16-9)17-7-4-12(2,5-8-17)10(13)14/h3,6H,4-5,7-8H2,1-2H3,(H3,13,14). The molecule has 5 heteroatoms. The Balaban J connectivity index is 2.07. The molecule has 1 aliphatic rings. The van der Waals surface area contributed by atoms with Crippen molar-refractivity contribution in [3.05, 3.63) is 18.0 Å². The summed E-state index contributed by atoms with van der Waals surface area (Å²) in [6, 6.07) is 1.90. The highest BCUT2D eigenvalue weighted by Gasteiger charge is 2.33. The van der Waals surface area contributed by atoms with Gasteiger partial charge in [0.2, 0.25) is 5.95 Å². The molecule has 0 amide bonds. The van der Waals surface area contributed by atoms with Gasteiger partial charge in [0.15, 0.2) is 0 Å². The molecule has 0 atom stereocenters. The zero-order valence-electron chi connectivity index (χ0n) is 10.4. The van der Waals surface area contributed by atoms with Gasteiger partial charge in [-0.15, -0.1) is 0 Å². The van der Waals surface area contributed by atoms with E-state index in [0.717, 1.165) is 37.6 Å². The number of piperidine rings is 1. The summed E-state index contributed by atoms with van der Waals surface area (Å²) < 4.78 is 0. The predicted molar refractivity (Wildman–Crippen MR) is 68.2 cm³/mol. The van der Waals surface area contributed by atoms with Crippen LogP contribution in [0.4, 0.5) is 5.95 Å². The summed E-state index contributed by atoms with van der Waals surface area (Å²) in [4.78, 5) is 10.9. The first-order valence-corrected chi connectivity index (χ1v) is 5.90. The van der Waals surface area contributed by atoms with Gasteiger partial charge in [-0.3, -0.25) is 5.41 Å². The molecule has 0 spiro atoms. The molecule has 1 aliphatic heterocycles. The first-order valence-electron chi connectivity index (χ1n) is 5.90. The fourth-order valence-corrected chi connectivity index (χ4v) is 2.06. The summed E-state index contributed by atoms with van der Waals surface area (Å²) in [5.74, 6) is 1.08. The summed E-state index contributed by atoms with van der Waals surface area (Å²) in [7, 11) is 0. The summed E-state index contributed by atoms with van der Waals surface area (Å²) in [6.07, 6.45) is 3.57. The molecule has 5 nitrogen and oxygen atoms in total. The van der Waals surface area contributed by atoms with Crippen LogP contribution in [0.25, 0.3) is 0 Å². The van der Waals surface area contributed by atoms with Crippen molar-refractivity contribution in [2.75, 3.05) is 18.0 Å². The molecular weight excluding hydrogens is 214 g/mol. The van der Waals surface area contributed by atoms with Gasteiger partial charge in [0.05, 0.1) is 5.84 Å². The van der Waals surface area contributed by atoms with Crippen molar-refractivity contribution in [3.8, 4) is 0 Å². The summed E-state index contributed by atoms with van der Waals surface area (Å²) in [6.45, 7) is 5.75. The van der Waals surface area contributed by atoms with Crippen LogP contribution < -0.4 is 10.6 Å². The number of nitrogens with zero attached hydrogens (tertiary/aromatic N) is 3.